The number of cyclic esters (lactones) is 1. The lowest BCUT2D eigenvalue weighted by molar-refractivity contribution is -0.147. The molecule has 47 heavy (non-hydrogen) atoms. The SMILES string of the molecule is CC[C@H](C)[C@H](CO)N1C(=O)[C@H]2[C@@H]3C(=O)N[C@@H](c4ccccc4)COC(=O)CC/C=C\[C@@H]3O[C@]23C=CCN(c2ccc(Cl)cc2)C(=O)[C@H]13. The maximum atomic E-state index is 14.8. The zero-order valence-corrected chi connectivity index (χ0v) is 27.2. The molecule has 248 valence electrons. The Morgan fingerprint density at radius 1 is 1.04 bits per heavy atom. The predicted molar refractivity (Wildman–Crippen MR) is 175 cm³/mol. The second-order valence-corrected chi connectivity index (χ2v) is 13.1. The van der Waals surface area contributed by atoms with E-state index in [1.165, 1.54) is 4.90 Å². The molecule has 0 radical (unpaired) electrons. The number of likely N-dealkylation sites (tertiary alicyclic amines) is 1. The van der Waals surface area contributed by atoms with Crippen LogP contribution < -0.4 is 10.2 Å². The summed E-state index contributed by atoms with van der Waals surface area (Å²) in [7, 11) is 0. The molecule has 1 spiro atoms. The van der Waals surface area contributed by atoms with E-state index < -0.39 is 59.5 Å². The Morgan fingerprint density at radius 3 is 2.49 bits per heavy atom. The van der Waals surface area contributed by atoms with Gasteiger partial charge in [-0.25, -0.2) is 0 Å². The molecular weight excluding hydrogens is 622 g/mol. The monoisotopic (exact) mass is 661 g/mol. The van der Waals surface area contributed by atoms with Crippen LogP contribution in [-0.2, 0) is 28.7 Å². The van der Waals surface area contributed by atoms with Crippen molar-refractivity contribution in [3.05, 3.63) is 89.5 Å². The second kappa shape index (κ2) is 13.6. The molecule has 11 heteroatoms. The average molecular weight is 662 g/mol. The van der Waals surface area contributed by atoms with Crippen molar-refractivity contribution in [1.82, 2.24) is 10.2 Å². The van der Waals surface area contributed by atoms with Gasteiger partial charge in [0.1, 0.15) is 18.2 Å². The smallest absolute Gasteiger partial charge is 0.306 e. The molecule has 2 fully saturated rings. The molecule has 2 aromatic rings. The van der Waals surface area contributed by atoms with Gasteiger partial charge in [0.25, 0.3) is 5.91 Å². The third-order valence-corrected chi connectivity index (χ3v) is 10.2. The molecule has 2 N–H and O–H groups in total. The first-order valence-corrected chi connectivity index (χ1v) is 16.6. The Labute approximate surface area is 279 Å². The van der Waals surface area contributed by atoms with Crippen LogP contribution in [0.2, 0.25) is 5.02 Å². The van der Waals surface area contributed by atoms with E-state index in [2.05, 4.69) is 5.32 Å². The van der Waals surface area contributed by atoms with Crippen LogP contribution in [-0.4, -0.2) is 77.2 Å². The van der Waals surface area contributed by atoms with Gasteiger partial charge in [0, 0.05) is 23.7 Å². The minimum atomic E-state index is -1.50. The Morgan fingerprint density at radius 2 is 1.79 bits per heavy atom. The van der Waals surface area contributed by atoms with Crippen molar-refractivity contribution in [2.45, 2.75) is 62.9 Å². The summed E-state index contributed by atoms with van der Waals surface area (Å²) >= 11 is 6.16. The van der Waals surface area contributed by atoms with Crippen molar-refractivity contribution in [3.8, 4) is 0 Å². The average Bonchev–Trinajstić information content (AvgIpc) is 3.46. The summed E-state index contributed by atoms with van der Waals surface area (Å²) in [6, 6.07) is 13.6. The van der Waals surface area contributed by atoms with Crippen LogP contribution >= 0.6 is 11.6 Å². The highest BCUT2D eigenvalue weighted by Crippen LogP contribution is 2.54. The molecule has 2 saturated heterocycles. The Balaban J connectivity index is 1.47. The summed E-state index contributed by atoms with van der Waals surface area (Å²) < 4.78 is 12.4. The number of carbonyl (C=O) groups excluding carboxylic acids is 4. The lowest BCUT2D eigenvalue weighted by Gasteiger charge is -2.40. The van der Waals surface area contributed by atoms with Crippen LogP contribution in [0.4, 0.5) is 5.69 Å². The number of ether oxygens (including phenoxy) is 2. The molecule has 4 aliphatic rings. The second-order valence-electron chi connectivity index (χ2n) is 12.7. The van der Waals surface area contributed by atoms with Crippen molar-refractivity contribution in [2.24, 2.45) is 17.8 Å². The summed E-state index contributed by atoms with van der Waals surface area (Å²) in [5, 5.41) is 14.2. The molecule has 0 aliphatic carbocycles. The van der Waals surface area contributed by atoms with Crippen LogP contribution in [0.1, 0.15) is 44.7 Å². The first-order valence-electron chi connectivity index (χ1n) is 16.2. The van der Waals surface area contributed by atoms with Gasteiger partial charge in [-0.2, -0.15) is 0 Å². The van der Waals surface area contributed by atoms with Crippen molar-refractivity contribution in [3.63, 3.8) is 0 Å². The number of amides is 3. The third-order valence-electron chi connectivity index (χ3n) is 9.99. The number of fused-ring (bicyclic) bond motifs is 2. The van der Waals surface area contributed by atoms with Gasteiger partial charge in [-0.1, -0.05) is 86.5 Å². The highest BCUT2D eigenvalue weighted by molar-refractivity contribution is 6.30. The summed E-state index contributed by atoms with van der Waals surface area (Å²) in [5.41, 5.74) is -0.162. The quantitative estimate of drug-likeness (QED) is 0.354. The number of aliphatic hydroxyl groups excluding tert-OH is 1. The van der Waals surface area contributed by atoms with E-state index in [1.54, 1.807) is 47.4 Å². The highest BCUT2D eigenvalue weighted by atomic mass is 35.5. The van der Waals surface area contributed by atoms with E-state index in [9.17, 15) is 24.3 Å². The van der Waals surface area contributed by atoms with Gasteiger partial charge in [-0.3, -0.25) is 19.2 Å². The lowest BCUT2D eigenvalue weighted by Crippen LogP contribution is -2.59. The largest absolute Gasteiger partial charge is 0.463 e. The van der Waals surface area contributed by atoms with Gasteiger partial charge in [-0.05, 0) is 42.2 Å². The van der Waals surface area contributed by atoms with E-state index in [0.29, 0.717) is 23.6 Å². The zero-order valence-electron chi connectivity index (χ0n) is 26.5. The molecule has 0 unspecified atom stereocenters. The fourth-order valence-corrected chi connectivity index (χ4v) is 7.53. The number of benzene rings is 2. The molecular formula is C36H40ClN3O7. The number of nitrogens with one attached hydrogen (secondary N) is 1. The van der Waals surface area contributed by atoms with E-state index in [4.69, 9.17) is 21.1 Å². The number of hydrogen-bond donors (Lipinski definition) is 2. The fraction of sp³-hybridized carbons (Fsp3) is 0.444. The standard InChI is InChI=1S/C36H40ClN3O7/c1-3-22(2)27(20-41)40-32-35(45)39(25-16-14-24(37)15-17-25)19-9-18-36(32)31(34(40)44)30-28(47-36)12-7-8-13-29(42)46-21-26(38-33(30)43)23-10-5-4-6-11-23/h4-7,9-12,14-18,22,26-28,30-32,41H,3,8,13,19-21H2,1-2H3,(H,38,43)/b12-7-/t22-,26+,27-,28-,30+,31+,32-,36+/m0/s1. The van der Waals surface area contributed by atoms with Crippen LogP contribution in [0.5, 0.6) is 0 Å². The van der Waals surface area contributed by atoms with Crippen molar-refractivity contribution in [1.29, 1.82) is 0 Å². The Bertz CT molecular complexity index is 1560. The lowest BCUT2D eigenvalue weighted by atomic mass is 9.77. The molecule has 3 amide bonds. The zero-order chi connectivity index (χ0) is 33.3. The fourth-order valence-electron chi connectivity index (χ4n) is 7.40. The third kappa shape index (κ3) is 5.98. The van der Waals surface area contributed by atoms with Crippen LogP contribution in [0.15, 0.2) is 78.9 Å². The molecule has 0 saturated carbocycles. The number of halogens is 1. The summed E-state index contributed by atoms with van der Waals surface area (Å²) in [5.74, 6) is -3.87. The molecule has 10 nitrogen and oxygen atoms in total. The Hall–Kier alpha value is -3.99. The van der Waals surface area contributed by atoms with E-state index >= 15 is 0 Å². The summed E-state index contributed by atoms with van der Waals surface area (Å²) in [6.07, 6.45) is 7.33. The van der Waals surface area contributed by atoms with Gasteiger partial charge < -0.3 is 29.7 Å². The van der Waals surface area contributed by atoms with Gasteiger partial charge in [-0.15, -0.1) is 0 Å². The van der Waals surface area contributed by atoms with Gasteiger partial charge in [0.15, 0.2) is 0 Å². The van der Waals surface area contributed by atoms with Crippen molar-refractivity contribution in [2.75, 3.05) is 24.7 Å². The molecule has 4 aliphatic heterocycles. The van der Waals surface area contributed by atoms with Gasteiger partial charge >= 0.3 is 5.97 Å². The summed E-state index contributed by atoms with van der Waals surface area (Å²) in [6.45, 7) is 3.66. The number of anilines is 1. The number of carbonyl (C=O) groups is 4. The molecule has 6 rings (SSSR count). The Kier molecular flexibility index (Phi) is 9.55. The predicted octanol–water partition coefficient (Wildman–Crippen LogP) is 3.98. The molecule has 0 aromatic heterocycles. The summed E-state index contributed by atoms with van der Waals surface area (Å²) in [4.78, 5) is 59.6. The van der Waals surface area contributed by atoms with Crippen molar-refractivity contribution < 1.29 is 33.8 Å². The minimum Gasteiger partial charge on any atom is -0.463 e. The molecule has 4 heterocycles. The molecule has 2 aromatic carbocycles. The van der Waals surface area contributed by atoms with Crippen LogP contribution in [0.3, 0.4) is 0 Å². The van der Waals surface area contributed by atoms with E-state index in [1.807, 2.05) is 50.3 Å². The number of esters is 1. The van der Waals surface area contributed by atoms with Gasteiger partial charge in [0.2, 0.25) is 11.8 Å². The first-order chi connectivity index (χ1) is 22.7. The highest BCUT2D eigenvalue weighted by Gasteiger charge is 2.72. The maximum Gasteiger partial charge on any atom is 0.306 e. The van der Waals surface area contributed by atoms with Crippen LogP contribution in [0, 0.1) is 17.8 Å². The number of nitrogens with zero attached hydrogens (tertiary/aromatic N) is 2. The molecule has 0 bridgehead atoms. The number of rotatable bonds is 6. The molecule has 8 atom stereocenters. The van der Waals surface area contributed by atoms with Gasteiger partial charge in [0.05, 0.1) is 36.6 Å². The number of allylic oxidation sites excluding steroid dienone is 1. The van der Waals surface area contributed by atoms with E-state index in [0.717, 1.165) is 5.56 Å². The van der Waals surface area contributed by atoms with E-state index in [-0.39, 0.29) is 38.0 Å². The minimum absolute atomic E-state index is 0.0793. The number of hydrogen-bond acceptors (Lipinski definition) is 7. The normalized spacial score (nSPS) is 31.4. The first kappa shape index (κ1) is 32.9. The van der Waals surface area contributed by atoms with Crippen LogP contribution in [0.25, 0.3) is 0 Å². The number of aliphatic hydroxyl groups is 1. The van der Waals surface area contributed by atoms with Crippen molar-refractivity contribution >= 4 is 41.0 Å². The topological polar surface area (TPSA) is 125 Å². The maximum absolute atomic E-state index is 14.8.